The fourth-order valence-electron chi connectivity index (χ4n) is 2.82. The van der Waals surface area contributed by atoms with Crippen LogP contribution >= 0.6 is 15.9 Å². The normalized spacial score (nSPS) is 20.2. The van der Waals surface area contributed by atoms with E-state index in [9.17, 15) is 9.59 Å². The zero-order chi connectivity index (χ0) is 18.4. The number of aromatic nitrogens is 1. The number of pyridine rings is 1. The summed E-state index contributed by atoms with van der Waals surface area (Å²) in [5.74, 6) is -0.0898. The number of carbonyl (C=O) groups is 2. The van der Waals surface area contributed by atoms with Gasteiger partial charge in [0.25, 0.3) is 0 Å². The van der Waals surface area contributed by atoms with E-state index in [0.717, 1.165) is 19.3 Å². The fraction of sp³-hybridized carbons (Fsp3) is 0.611. The molecular formula is C18H24BrNO5. The molecule has 0 spiro atoms. The van der Waals surface area contributed by atoms with Gasteiger partial charge in [-0.25, -0.2) is 4.98 Å². The summed E-state index contributed by atoms with van der Waals surface area (Å²) in [7, 11) is 0. The third kappa shape index (κ3) is 6.30. The first-order valence-electron chi connectivity index (χ1n) is 8.51. The van der Waals surface area contributed by atoms with E-state index in [1.54, 1.807) is 12.1 Å². The Morgan fingerprint density at radius 3 is 2.76 bits per heavy atom. The summed E-state index contributed by atoms with van der Waals surface area (Å²) in [5, 5.41) is 0. The van der Waals surface area contributed by atoms with Crippen LogP contribution in [0.1, 0.15) is 52.1 Å². The Hall–Kier alpha value is -1.63. The summed E-state index contributed by atoms with van der Waals surface area (Å²) in [5.41, 5.74) is 0.552. The minimum atomic E-state index is -0.373. The molecule has 25 heavy (non-hydrogen) atoms. The van der Waals surface area contributed by atoms with E-state index < -0.39 is 0 Å². The van der Waals surface area contributed by atoms with E-state index in [1.807, 2.05) is 13.8 Å². The maximum atomic E-state index is 12.1. The fourth-order valence-corrected chi connectivity index (χ4v) is 3.16. The largest absolute Gasteiger partial charge is 0.488 e. The van der Waals surface area contributed by atoms with Gasteiger partial charge in [-0.15, -0.1) is 0 Å². The second kappa shape index (κ2) is 9.17. The minimum Gasteiger partial charge on any atom is -0.488 e. The molecule has 0 aromatic carbocycles. The number of esters is 2. The Labute approximate surface area is 156 Å². The molecule has 0 bridgehead atoms. The smallest absolute Gasteiger partial charge is 0.309 e. The molecular weight excluding hydrogens is 390 g/mol. The van der Waals surface area contributed by atoms with Crippen LogP contribution in [0.2, 0.25) is 0 Å². The van der Waals surface area contributed by atoms with Crippen LogP contribution in [-0.2, 0) is 25.7 Å². The van der Waals surface area contributed by atoms with Crippen molar-refractivity contribution in [2.45, 2.75) is 65.3 Å². The Bertz CT molecular complexity index is 619. The highest BCUT2D eigenvalue weighted by atomic mass is 79.9. The molecule has 1 aliphatic rings. The molecule has 0 N–H and O–H groups in total. The molecule has 0 unspecified atom stereocenters. The highest BCUT2D eigenvalue weighted by Gasteiger charge is 2.30. The lowest BCUT2D eigenvalue weighted by atomic mass is 9.87. The molecule has 0 radical (unpaired) electrons. The Morgan fingerprint density at radius 2 is 2.08 bits per heavy atom. The number of rotatable bonds is 6. The van der Waals surface area contributed by atoms with Crippen molar-refractivity contribution >= 4 is 27.9 Å². The number of ether oxygens (including phenoxy) is 3. The van der Waals surface area contributed by atoms with E-state index >= 15 is 0 Å². The van der Waals surface area contributed by atoms with Crippen molar-refractivity contribution in [1.82, 2.24) is 4.98 Å². The van der Waals surface area contributed by atoms with Crippen molar-refractivity contribution in [2.75, 3.05) is 0 Å². The van der Waals surface area contributed by atoms with Crippen LogP contribution in [0.25, 0.3) is 0 Å². The van der Waals surface area contributed by atoms with Crippen molar-refractivity contribution in [3.8, 4) is 5.75 Å². The van der Waals surface area contributed by atoms with E-state index in [4.69, 9.17) is 14.2 Å². The van der Waals surface area contributed by atoms with E-state index in [2.05, 4.69) is 20.9 Å². The summed E-state index contributed by atoms with van der Waals surface area (Å²) in [6.45, 7) is 5.10. The summed E-state index contributed by atoms with van der Waals surface area (Å²) >= 11 is 3.31. The average molecular weight is 414 g/mol. The molecule has 0 amide bonds. The SMILES string of the molecule is CC(=O)OCc1nc(Br)ccc1O[C@H]1CCC[C@H](C(=O)OC(C)C)C1. The van der Waals surface area contributed by atoms with Crippen molar-refractivity contribution in [3.63, 3.8) is 0 Å². The topological polar surface area (TPSA) is 74.7 Å². The molecule has 1 aromatic rings. The number of carbonyl (C=O) groups excluding carboxylic acids is 2. The number of halogens is 1. The van der Waals surface area contributed by atoms with Gasteiger partial charge in [-0.05, 0) is 67.6 Å². The molecule has 2 rings (SSSR count). The van der Waals surface area contributed by atoms with Gasteiger partial charge in [0, 0.05) is 6.92 Å². The van der Waals surface area contributed by atoms with Gasteiger partial charge in [0.2, 0.25) is 0 Å². The molecule has 7 heteroatoms. The number of hydrogen-bond acceptors (Lipinski definition) is 6. The molecule has 2 atom stereocenters. The van der Waals surface area contributed by atoms with Gasteiger partial charge in [0.15, 0.2) is 0 Å². The average Bonchev–Trinajstić information content (AvgIpc) is 2.54. The standard InChI is InChI=1S/C18H24BrNO5/c1-11(2)24-18(22)13-5-4-6-14(9-13)25-16-7-8-17(19)20-15(16)10-23-12(3)21/h7-8,11,13-14H,4-6,9-10H2,1-3H3/t13-,14-/m0/s1. The monoisotopic (exact) mass is 413 g/mol. The summed E-state index contributed by atoms with van der Waals surface area (Å²) in [6.07, 6.45) is 3.02. The van der Waals surface area contributed by atoms with Crippen LogP contribution in [0, 0.1) is 5.92 Å². The van der Waals surface area contributed by atoms with Crippen LogP contribution in [-0.4, -0.2) is 29.1 Å². The van der Waals surface area contributed by atoms with Gasteiger partial charge in [0.05, 0.1) is 18.1 Å². The molecule has 6 nitrogen and oxygen atoms in total. The van der Waals surface area contributed by atoms with Gasteiger partial charge in [-0.3, -0.25) is 9.59 Å². The third-order valence-corrected chi connectivity index (χ3v) is 4.36. The van der Waals surface area contributed by atoms with Gasteiger partial charge >= 0.3 is 11.9 Å². The summed E-state index contributed by atoms with van der Waals surface area (Å²) < 4.78 is 17.1. The lowest BCUT2D eigenvalue weighted by Crippen LogP contribution is -2.32. The van der Waals surface area contributed by atoms with Gasteiger partial charge in [-0.1, -0.05) is 0 Å². The summed E-state index contributed by atoms with van der Waals surface area (Å²) in [6, 6.07) is 3.58. The van der Waals surface area contributed by atoms with Crippen LogP contribution in [0.3, 0.4) is 0 Å². The Kier molecular flexibility index (Phi) is 7.23. The molecule has 1 heterocycles. The second-order valence-corrected chi connectivity index (χ2v) is 7.26. The van der Waals surface area contributed by atoms with Crippen molar-refractivity contribution < 1.29 is 23.8 Å². The minimum absolute atomic E-state index is 0.0512. The maximum Gasteiger partial charge on any atom is 0.309 e. The first-order chi connectivity index (χ1) is 11.8. The first kappa shape index (κ1) is 19.7. The molecule has 1 aliphatic carbocycles. The predicted octanol–water partition coefficient (Wildman–Crippen LogP) is 3.80. The van der Waals surface area contributed by atoms with Gasteiger partial charge < -0.3 is 14.2 Å². The van der Waals surface area contributed by atoms with Crippen LogP contribution in [0.15, 0.2) is 16.7 Å². The second-order valence-electron chi connectivity index (χ2n) is 6.45. The van der Waals surface area contributed by atoms with Crippen LogP contribution < -0.4 is 4.74 Å². The Balaban J connectivity index is 2.03. The van der Waals surface area contributed by atoms with E-state index in [1.165, 1.54) is 6.92 Å². The van der Waals surface area contributed by atoms with E-state index in [-0.39, 0.29) is 36.7 Å². The van der Waals surface area contributed by atoms with Crippen molar-refractivity contribution in [3.05, 3.63) is 22.4 Å². The van der Waals surface area contributed by atoms with Crippen molar-refractivity contribution in [1.29, 1.82) is 0 Å². The lowest BCUT2D eigenvalue weighted by Gasteiger charge is -2.29. The molecule has 138 valence electrons. The van der Waals surface area contributed by atoms with E-state index in [0.29, 0.717) is 22.5 Å². The van der Waals surface area contributed by atoms with Crippen molar-refractivity contribution in [2.24, 2.45) is 5.92 Å². The predicted molar refractivity (Wildman–Crippen MR) is 95.0 cm³/mol. The molecule has 0 saturated heterocycles. The number of hydrogen-bond donors (Lipinski definition) is 0. The third-order valence-electron chi connectivity index (χ3n) is 3.92. The van der Waals surface area contributed by atoms with Crippen LogP contribution in [0.5, 0.6) is 5.75 Å². The molecule has 1 aromatic heterocycles. The van der Waals surface area contributed by atoms with Gasteiger partial charge in [-0.2, -0.15) is 0 Å². The quantitative estimate of drug-likeness (QED) is 0.521. The van der Waals surface area contributed by atoms with Crippen LogP contribution in [0.4, 0.5) is 0 Å². The summed E-state index contributed by atoms with van der Waals surface area (Å²) in [4.78, 5) is 27.5. The van der Waals surface area contributed by atoms with Gasteiger partial charge in [0.1, 0.15) is 22.7 Å². The highest BCUT2D eigenvalue weighted by molar-refractivity contribution is 9.10. The lowest BCUT2D eigenvalue weighted by molar-refractivity contribution is -0.154. The molecule has 1 fully saturated rings. The molecule has 1 saturated carbocycles. The zero-order valence-corrected chi connectivity index (χ0v) is 16.4. The first-order valence-corrected chi connectivity index (χ1v) is 9.30. The number of nitrogens with zero attached hydrogens (tertiary/aromatic N) is 1. The zero-order valence-electron chi connectivity index (χ0n) is 14.8. The highest BCUT2D eigenvalue weighted by Crippen LogP contribution is 2.30. The molecule has 0 aliphatic heterocycles. The maximum absolute atomic E-state index is 12.1. The Morgan fingerprint density at radius 1 is 1.32 bits per heavy atom.